The van der Waals surface area contributed by atoms with Gasteiger partial charge in [-0.2, -0.15) is 15.5 Å². The van der Waals surface area contributed by atoms with Gasteiger partial charge < -0.3 is 4.74 Å². The summed E-state index contributed by atoms with van der Waals surface area (Å²) in [6, 6.07) is 33.6. The summed E-state index contributed by atoms with van der Waals surface area (Å²) in [7, 11) is 0. The van der Waals surface area contributed by atoms with Crippen molar-refractivity contribution in [3.05, 3.63) is 131 Å². The summed E-state index contributed by atoms with van der Waals surface area (Å²) in [5.41, 5.74) is 6.69. The fraction of sp³-hybridized carbons (Fsp3) is 0.235. The van der Waals surface area contributed by atoms with Crippen molar-refractivity contribution in [3.8, 4) is 17.3 Å². The number of carbonyl (C=O) groups excluding carboxylic acids is 1. The zero-order valence-electron chi connectivity index (χ0n) is 23.0. The summed E-state index contributed by atoms with van der Waals surface area (Å²) in [6.45, 7) is 2.56. The van der Waals surface area contributed by atoms with Crippen LogP contribution >= 0.6 is 0 Å². The summed E-state index contributed by atoms with van der Waals surface area (Å²) in [6.07, 6.45) is 4.21. The predicted molar refractivity (Wildman–Crippen MR) is 156 cm³/mol. The molecule has 5 aromatic rings. The molecule has 7 nitrogen and oxygen atoms in total. The smallest absolute Gasteiger partial charge is 0.356 e. The maximum Gasteiger partial charge on any atom is 0.356 e. The second-order valence-corrected chi connectivity index (χ2v) is 10.1. The number of hydrogen-bond donors (Lipinski definition) is 0. The highest BCUT2D eigenvalue weighted by molar-refractivity contribution is 5.92. The molecule has 1 aliphatic carbocycles. The normalized spacial score (nSPS) is 12.3. The molecule has 204 valence electrons. The standard InChI is InChI=1S/C34H31N5O2/c1-2-41-33(40)32-28-20-21-30-29(31(28)37-38(32)23-13-12-22-35)24-36-39(30)34(25-14-6-3-7-15-25,26-16-8-4-9-17-26)27-18-10-5-11-19-27/h3-11,14-19,24H,2,12-13,20-21,23H2,1H3. The summed E-state index contributed by atoms with van der Waals surface area (Å²) in [5, 5.41) is 19.1. The lowest BCUT2D eigenvalue weighted by molar-refractivity contribution is 0.0510. The van der Waals surface area contributed by atoms with E-state index in [0.29, 0.717) is 37.9 Å². The number of hydrogen-bond acceptors (Lipinski definition) is 5. The van der Waals surface area contributed by atoms with E-state index in [9.17, 15) is 4.79 Å². The minimum absolute atomic E-state index is 0.286. The van der Waals surface area contributed by atoms with E-state index in [4.69, 9.17) is 20.2 Å². The number of ether oxygens (including phenoxy) is 1. The topological polar surface area (TPSA) is 85.7 Å². The summed E-state index contributed by atoms with van der Waals surface area (Å²) in [4.78, 5) is 13.1. The fourth-order valence-electron chi connectivity index (χ4n) is 6.10. The molecule has 0 fully saturated rings. The van der Waals surface area contributed by atoms with Crippen molar-refractivity contribution in [1.82, 2.24) is 19.6 Å². The van der Waals surface area contributed by atoms with Crippen molar-refractivity contribution in [2.24, 2.45) is 0 Å². The zero-order chi connectivity index (χ0) is 28.2. The minimum atomic E-state index is -0.728. The highest BCUT2D eigenvalue weighted by atomic mass is 16.5. The molecule has 2 aromatic heterocycles. The Morgan fingerprint density at radius 3 is 2.05 bits per heavy atom. The van der Waals surface area contributed by atoms with Crippen LogP contribution in [0.5, 0.6) is 0 Å². The lowest BCUT2D eigenvalue weighted by Gasteiger charge is -2.38. The van der Waals surface area contributed by atoms with Crippen LogP contribution in [0, 0.1) is 11.3 Å². The molecule has 0 saturated carbocycles. The molecule has 0 atom stereocenters. The highest BCUT2D eigenvalue weighted by Crippen LogP contribution is 2.44. The van der Waals surface area contributed by atoms with Gasteiger partial charge in [0.2, 0.25) is 0 Å². The van der Waals surface area contributed by atoms with Gasteiger partial charge in [-0.25, -0.2) is 9.48 Å². The number of rotatable bonds is 9. The van der Waals surface area contributed by atoms with Gasteiger partial charge in [-0.15, -0.1) is 0 Å². The molecule has 0 N–H and O–H groups in total. The van der Waals surface area contributed by atoms with Crippen LogP contribution in [-0.4, -0.2) is 32.1 Å². The van der Waals surface area contributed by atoms with Crippen LogP contribution in [0.25, 0.3) is 11.3 Å². The maximum atomic E-state index is 13.1. The third kappa shape index (κ3) is 4.42. The Labute approximate surface area is 239 Å². The van der Waals surface area contributed by atoms with Crippen LogP contribution in [0.2, 0.25) is 0 Å². The summed E-state index contributed by atoms with van der Waals surface area (Å²) < 4.78 is 9.32. The second kappa shape index (κ2) is 11.3. The molecule has 0 unspecified atom stereocenters. The number of fused-ring (bicyclic) bond motifs is 3. The minimum Gasteiger partial charge on any atom is -0.461 e. The van der Waals surface area contributed by atoms with Gasteiger partial charge in [-0.3, -0.25) is 4.68 Å². The Morgan fingerprint density at radius 1 is 0.927 bits per heavy atom. The molecule has 0 bridgehead atoms. The first-order valence-electron chi connectivity index (χ1n) is 14.1. The van der Waals surface area contributed by atoms with Crippen molar-refractivity contribution in [2.75, 3.05) is 6.61 Å². The largest absolute Gasteiger partial charge is 0.461 e. The van der Waals surface area contributed by atoms with Gasteiger partial charge in [-0.1, -0.05) is 91.0 Å². The Balaban J connectivity index is 1.59. The monoisotopic (exact) mass is 541 g/mol. The van der Waals surface area contributed by atoms with Crippen LogP contribution in [0.15, 0.2) is 97.2 Å². The molecule has 6 rings (SSSR count). The van der Waals surface area contributed by atoms with Gasteiger partial charge in [0.25, 0.3) is 0 Å². The van der Waals surface area contributed by atoms with Crippen molar-refractivity contribution < 1.29 is 9.53 Å². The van der Waals surface area contributed by atoms with Gasteiger partial charge in [0.05, 0.1) is 30.3 Å². The van der Waals surface area contributed by atoms with Gasteiger partial charge >= 0.3 is 5.97 Å². The van der Waals surface area contributed by atoms with E-state index in [-0.39, 0.29) is 12.6 Å². The van der Waals surface area contributed by atoms with Crippen molar-refractivity contribution in [3.63, 3.8) is 0 Å². The number of nitriles is 1. The van der Waals surface area contributed by atoms with E-state index in [0.717, 1.165) is 39.2 Å². The second-order valence-electron chi connectivity index (χ2n) is 10.1. The lowest BCUT2D eigenvalue weighted by Crippen LogP contribution is -2.40. The quantitative estimate of drug-likeness (QED) is 0.127. The first kappa shape index (κ1) is 26.3. The van der Waals surface area contributed by atoms with Gasteiger partial charge in [-0.05, 0) is 42.9 Å². The van der Waals surface area contributed by atoms with Crippen molar-refractivity contribution in [1.29, 1.82) is 5.26 Å². The third-order valence-electron chi connectivity index (χ3n) is 7.81. The van der Waals surface area contributed by atoms with Crippen molar-refractivity contribution in [2.45, 2.75) is 44.7 Å². The summed E-state index contributed by atoms with van der Waals surface area (Å²) in [5.74, 6) is -0.374. The molecule has 0 radical (unpaired) electrons. The van der Waals surface area contributed by atoms with E-state index in [1.807, 2.05) is 24.4 Å². The number of carbonyl (C=O) groups is 1. The number of unbranched alkanes of at least 4 members (excludes halogenated alkanes) is 1. The van der Waals surface area contributed by atoms with E-state index in [1.165, 1.54) is 0 Å². The molecule has 7 heteroatoms. The lowest BCUT2D eigenvalue weighted by atomic mass is 9.76. The van der Waals surface area contributed by atoms with Gasteiger partial charge in [0, 0.05) is 24.1 Å². The van der Waals surface area contributed by atoms with Crippen LogP contribution in [0.3, 0.4) is 0 Å². The zero-order valence-corrected chi connectivity index (χ0v) is 23.0. The number of aryl methyl sites for hydroxylation is 1. The van der Waals surface area contributed by atoms with Gasteiger partial charge in [0.15, 0.2) is 0 Å². The molecule has 1 aliphatic rings. The average Bonchev–Trinajstić information content (AvgIpc) is 3.62. The van der Waals surface area contributed by atoms with E-state index in [2.05, 4.69) is 83.5 Å². The van der Waals surface area contributed by atoms with Crippen LogP contribution in [0.1, 0.15) is 58.2 Å². The maximum absolute atomic E-state index is 13.1. The fourth-order valence-corrected chi connectivity index (χ4v) is 6.10. The molecule has 0 amide bonds. The molecule has 41 heavy (non-hydrogen) atoms. The van der Waals surface area contributed by atoms with Crippen LogP contribution in [-0.2, 0) is 29.7 Å². The Hall–Kier alpha value is -4.96. The Kier molecular flexibility index (Phi) is 7.22. The summed E-state index contributed by atoms with van der Waals surface area (Å²) >= 11 is 0. The van der Waals surface area contributed by atoms with E-state index >= 15 is 0 Å². The molecule has 0 saturated heterocycles. The first-order valence-corrected chi connectivity index (χ1v) is 14.1. The molecular formula is C34H31N5O2. The number of nitrogens with zero attached hydrogens (tertiary/aromatic N) is 5. The van der Waals surface area contributed by atoms with Gasteiger partial charge in [0.1, 0.15) is 11.2 Å². The Morgan fingerprint density at radius 2 is 1.51 bits per heavy atom. The number of esters is 1. The Bertz CT molecular complexity index is 1600. The van der Waals surface area contributed by atoms with E-state index in [1.54, 1.807) is 11.6 Å². The number of aromatic nitrogens is 4. The molecule has 0 aliphatic heterocycles. The molecule has 2 heterocycles. The molecule has 3 aromatic carbocycles. The van der Waals surface area contributed by atoms with Crippen molar-refractivity contribution >= 4 is 5.97 Å². The van der Waals surface area contributed by atoms with Crippen LogP contribution < -0.4 is 0 Å². The highest BCUT2D eigenvalue weighted by Gasteiger charge is 2.42. The molecular weight excluding hydrogens is 510 g/mol. The SMILES string of the molecule is CCOC(=O)c1c2c(nn1CCCC#N)-c1cnn(C(c3ccccc3)(c3ccccc3)c3ccccc3)c1CC2. The third-order valence-corrected chi connectivity index (χ3v) is 7.81. The average molecular weight is 542 g/mol. The van der Waals surface area contributed by atoms with Crippen LogP contribution in [0.4, 0.5) is 0 Å². The number of benzene rings is 3. The predicted octanol–water partition coefficient (Wildman–Crippen LogP) is 6.17. The molecule has 0 spiro atoms. The van der Waals surface area contributed by atoms with E-state index < -0.39 is 5.54 Å². The first-order chi connectivity index (χ1) is 20.2.